The van der Waals surface area contributed by atoms with E-state index in [1.807, 2.05) is 43.3 Å². The number of thioether (sulfide) groups is 1. The fraction of sp³-hybridized carbons (Fsp3) is 0.286. The lowest BCUT2D eigenvalue weighted by Crippen LogP contribution is -2.14. The number of anilines is 1. The van der Waals surface area contributed by atoms with Crippen molar-refractivity contribution in [2.75, 3.05) is 11.1 Å². The summed E-state index contributed by atoms with van der Waals surface area (Å²) in [6.45, 7) is 7.01. The van der Waals surface area contributed by atoms with Crippen LogP contribution in [0.4, 0.5) is 5.69 Å². The maximum atomic E-state index is 12.3. The van der Waals surface area contributed by atoms with Gasteiger partial charge in [0.2, 0.25) is 5.91 Å². The summed E-state index contributed by atoms with van der Waals surface area (Å²) in [5, 5.41) is 12.4. The molecule has 1 heterocycles. The molecule has 3 rings (SSSR count). The van der Waals surface area contributed by atoms with Crippen LogP contribution >= 0.6 is 11.8 Å². The van der Waals surface area contributed by atoms with Crippen LogP contribution in [0.2, 0.25) is 0 Å². The predicted molar refractivity (Wildman–Crippen MR) is 111 cm³/mol. The first-order valence-electron chi connectivity index (χ1n) is 9.06. The molecule has 0 fully saturated rings. The van der Waals surface area contributed by atoms with Gasteiger partial charge in [-0.25, -0.2) is 0 Å². The average molecular weight is 381 g/mol. The maximum absolute atomic E-state index is 12.3. The zero-order valence-corrected chi connectivity index (χ0v) is 16.7. The highest BCUT2D eigenvalue weighted by atomic mass is 32.2. The second kappa shape index (κ2) is 8.86. The molecule has 0 bridgehead atoms. The van der Waals surface area contributed by atoms with Gasteiger partial charge in [-0.2, -0.15) is 0 Å². The van der Waals surface area contributed by atoms with Crippen LogP contribution in [-0.4, -0.2) is 26.4 Å². The number of carbonyl (C=O) groups excluding carboxylic acids is 1. The van der Waals surface area contributed by atoms with Gasteiger partial charge in [-0.3, -0.25) is 4.79 Å². The van der Waals surface area contributed by atoms with Crippen molar-refractivity contribution in [2.24, 2.45) is 0 Å². The van der Waals surface area contributed by atoms with E-state index in [9.17, 15) is 4.79 Å². The molecule has 0 unspecified atom stereocenters. The lowest BCUT2D eigenvalue weighted by Gasteiger charge is -2.10. The molecule has 0 aliphatic carbocycles. The van der Waals surface area contributed by atoms with Gasteiger partial charge in [0.1, 0.15) is 0 Å². The highest BCUT2D eigenvalue weighted by molar-refractivity contribution is 7.99. The van der Waals surface area contributed by atoms with Crippen molar-refractivity contribution >= 4 is 23.4 Å². The van der Waals surface area contributed by atoms with E-state index >= 15 is 0 Å². The molecular weight excluding hydrogens is 356 g/mol. The molecule has 2 aromatic carbocycles. The van der Waals surface area contributed by atoms with E-state index in [0.717, 1.165) is 40.8 Å². The Hall–Kier alpha value is -2.60. The first-order chi connectivity index (χ1) is 13.1. The minimum Gasteiger partial charge on any atom is -0.325 e. The van der Waals surface area contributed by atoms with Crippen LogP contribution in [0.5, 0.6) is 0 Å². The van der Waals surface area contributed by atoms with Crippen LogP contribution in [0, 0.1) is 13.8 Å². The Morgan fingerprint density at radius 1 is 1.07 bits per heavy atom. The molecule has 0 spiro atoms. The molecule has 0 aliphatic heterocycles. The highest BCUT2D eigenvalue weighted by Crippen LogP contribution is 2.25. The van der Waals surface area contributed by atoms with Gasteiger partial charge in [0.15, 0.2) is 11.0 Å². The van der Waals surface area contributed by atoms with Crippen LogP contribution in [0.3, 0.4) is 0 Å². The van der Waals surface area contributed by atoms with Gasteiger partial charge in [-0.1, -0.05) is 54.6 Å². The third kappa shape index (κ3) is 4.98. The third-order valence-electron chi connectivity index (χ3n) is 4.07. The van der Waals surface area contributed by atoms with Crippen LogP contribution in [-0.2, 0) is 11.3 Å². The minimum atomic E-state index is -0.0474. The lowest BCUT2D eigenvalue weighted by atomic mass is 10.1. The van der Waals surface area contributed by atoms with E-state index < -0.39 is 0 Å². The van der Waals surface area contributed by atoms with Crippen molar-refractivity contribution in [2.45, 2.75) is 38.9 Å². The van der Waals surface area contributed by atoms with Crippen LogP contribution in [0.15, 0.2) is 53.7 Å². The Bertz CT molecular complexity index is 935. The van der Waals surface area contributed by atoms with Crippen molar-refractivity contribution in [3.63, 3.8) is 0 Å². The highest BCUT2D eigenvalue weighted by Gasteiger charge is 2.15. The van der Waals surface area contributed by atoms with Gasteiger partial charge in [-0.15, -0.1) is 10.2 Å². The van der Waals surface area contributed by atoms with Crippen molar-refractivity contribution in [3.05, 3.63) is 59.7 Å². The third-order valence-corrected chi connectivity index (χ3v) is 5.04. The number of benzene rings is 2. The van der Waals surface area contributed by atoms with Crippen molar-refractivity contribution in [1.82, 2.24) is 14.8 Å². The van der Waals surface area contributed by atoms with Crippen molar-refractivity contribution < 1.29 is 4.79 Å². The summed E-state index contributed by atoms with van der Waals surface area (Å²) in [5.74, 6) is 1.10. The molecule has 6 heteroatoms. The number of aryl methyl sites for hydroxylation is 2. The Labute approximate surface area is 164 Å². The standard InChI is InChI=1S/C21H24N4OS/c1-4-11-25-20(17-9-5-7-15(2)12-17)23-24-21(25)27-14-19(26)22-18-10-6-8-16(3)13-18/h5-10,12-13H,4,11,14H2,1-3H3,(H,22,26). The molecule has 0 saturated heterocycles. The molecule has 1 aromatic heterocycles. The molecule has 5 nitrogen and oxygen atoms in total. The topological polar surface area (TPSA) is 59.8 Å². The van der Waals surface area contributed by atoms with E-state index in [2.05, 4.69) is 46.1 Å². The van der Waals surface area contributed by atoms with E-state index in [1.54, 1.807) is 0 Å². The predicted octanol–water partition coefficient (Wildman–Crippen LogP) is 4.70. The van der Waals surface area contributed by atoms with Gasteiger partial charge >= 0.3 is 0 Å². The summed E-state index contributed by atoms with van der Waals surface area (Å²) < 4.78 is 2.10. The Morgan fingerprint density at radius 2 is 1.81 bits per heavy atom. The number of amides is 1. The lowest BCUT2D eigenvalue weighted by molar-refractivity contribution is -0.113. The fourth-order valence-corrected chi connectivity index (χ4v) is 3.63. The Morgan fingerprint density at radius 3 is 2.52 bits per heavy atom. The first-order valence-corrected chi connectivity index (χ1v) is 10.0. The molecule has 3 aromatic rings. The molecule has 0 atom stereocenters. The van der Waals surface area contributed by atoms with E-state index in [0.29, 0.717) is 5.75 Å². The molecule has 0 saturated carbocycles. The molecule has 1 N–H and O–H groups in total. The Kier molecular flexibility index (Phi) is 6.29. The summed E-state index contributed by atoms with van der Waals surface area (Å²) in [7, 11) is 0. The van der Waals surface area contributed by atoms with E-state index in [-0.39, 0.29) is 5.91 Å². The SMILES string of the molecule is CCCn1c(SCC(=O)Nc2cccc(C)c2)nnc1-c1cccc(C)c1. The van der Waals surface area contributed by atoms with Gasteiger partial charge in [-0.05, 0) is 44.0 Å². The summed E-state index contributed by atoms with van der Waals surface area (Å²) in [5.41, 5.74) is 4.17. The molecular formula is C21H24N4OS. The minimum absolute atomic E-state index is 0.0474. The summed E-state index contributed by atoms with van der Waals surface area (Å²) in [6, 6.07) is 16.0. The van der Waals surface area contributed by atoms with Crippen molar-refractivity contribution in [3.8, 4) is 11.4 Å². The average Bonchev–Trinajstić information content (AvgIpc) is 3.03. The van der Waals surface area contributed by atoms with Crippen molar-refractivity contribution in [1.29, 1.82) is 0 Å². The summed E-state index contributed by atoms with van der Waals surface area (Å²) in [6.07, 6.45) is 0.972. The zero-order valence-electron chi connectivity index (χ0n) is 15.9. The second-order valence-corrected chi connectivity index (χ2v) is 7.48. The van der Waals surface area contributed by atoms with Gasteiger partial charge < -0.3 is 9.88 Å². The number of aromatic nitrogens is 3. The quantitative estimate of drug-likeness (QED) is 0.604. The normalized spacial score (nSPS) is 10.8. The Balaban J connectivity index is 1.72. The summed E-state index contributed by atoms with van der Waals surface area (Å²) in [4.78, 5) is 12.3. The largest absolute Gasteiger partial charge is 0.325 e. The molecule has 0 radical (unpaired) electrons. The number of nitrogens with zero attached hydrogens (tertiary/aromatic N) is 3. The van der Waals surface area contributed by atoms with E-state index in [4.69, 9.17) is 0 Å². The van der Waals surface area contributed by atoms with Gasteiger partial charge in [0.05, 0.1) is 5.75 Å². The molecule has 140 valence electrons. The van der Waals surface area contributed by atoms with Gasteiger partial charge in [0.25, 0.3) is 0 Å². The van der Waals surface area contributed by atoms with Crippen LogP contribution in [0.1, 0.15) is 24.5 Å². The number of carbonyl (C=O) groups is 1. The smallest absolute Gasteiger partial charge is 0.234 e. The number of rotatable bonds is 7. The molecule has 27 heavy (non-hydrogen) atoms. The van der Waals surface area contributed by atoms with Crippen LogP contribution < -0.4 is 5.32 Å². The van der Waals surface area contributed by atoms with Gasteiger partial charge in [0, 0.05) is 17.8 Å². The zero-order chi connectivity index (χ0) is 19.2. The molecule has 1 amide bonds. The van der Waals surface area contributed by atoms with E-state index in [1.165, 1.54) is 17.3 Å². The maximum Gasteiger partial charge on any atom is 0.234 e. The number of nitrogens with one attached hydrogen (secondary N) is 1. The number of hydrogen-bond acceptors (Lipinski definition) is 4. The number of hydrogen-bond donors (Lipinski definition) is 1. The second-order valence-electron chi connectivity index (χ2n) is 6.53. The molecule has 0 aliphatic rings. The monoisotopic (exact) mass is 380 g/mol. The fourth-order valence-electron chi connectivity index (χ4n) is 2.87. The first kappa shape index (κ1) is 19.2. The summed E-state index contributed by atoms with van der Waals surface area (Å²) >= 11 is 1.42. The van der Waals surface area contributed by atoms with Crippen LogP contribution in [0.25, 0.3) is 11.4 Å².